The van der Waals surface area contributed by atoms with Crippen LogP contribution >= 0.6 is 23.2 Å². The second kappa shape index (κ2) is 13.5. The Kier molecular flexibility index (Phi) is 11.8. The maximum atomic E-state index is 9.55. The van der Waals surface area contributed by atoms with Crippen LogP contribution in [0.15, 0.2) is 30.4 Å². The summed E-state index contributed by atoms with van der Waals surface area (Å²) in [4.78, 5) is 21.6. The number of rotatable bonds is 8. The summed E-state index contributed by atoms with van der Waals surface area (Å²) in [7, 11) is 1.75. The molecular formula is C19H26Cl2N2O5. The number of carboxylic acid groups (broad SMARTS) is 2. The molecule has 0 amide bonds. The highest BCUT2D eigenvalue weighted by Crippen LogP contribution is 2.24. The molecule has 3 N–H and O–H groups in total. The predicted octanol–water partition coefficient (Wildman–Crippen LogP) is 2.91. The summed E-state index contributed by atoms with van der Waals surface area (Å²) >= 11 is 12.3. The van der Waals surface area contributed by atoms with Crippen molar-refractivity contribution in [3.05, 3.63) is 46.0 Å². The van der Waals surface area contributed by atoms with Crippen molar-refractivity contribution in [3.63, 3.8) is 0 Å². The Morgan fingerprint density at radius 3 is 2.32 bits per heavy atom. The van der Waals surface area contributed by atoms with Gasteiger partial charge in [-0.1, -0.05) is 29.3 Å². The van der Waals surface area contributed by atoms with E-state index in [1.54, 1.807) is 7.11 Å². The fraction of sp³-hybridized carbons (Fsp3) is 0.474. The van der Waals surface area contributed by atoms with Crippen LogP contribution in [0.4, 0.5) is 0 Å². The lowest BCUT2D eigenvalue weighted by atomic mass is 10.0. The van der Waals surface area contributed by atoms with E-state index in [9.17, 15) is 9.59 Å². The van der Waals surface area contributed by atoms with Gasteiger partial charge in [-0.05, 0) is 43.6 Å². The van der Waals surface area contributed by atoms with Gasteiger partial charge in [-0.25, -0.2) is 9.59 Å². The van der Waals surface area contributed by atoms with E-state index in [0.29, 0.717) is 23.2 Å². The number of carbonyl (C=O) groups is 2. The number of piperidine rings is 1. The summed E-state index contributed by atoms with van der Waals surface area (Å²) in [6.07, 6.45) is 3.47. The van der Waals surface area contributed by atoms with Crippen LogP contribution in [0.25, 0.3) is 0 Å². The van der Waals surface area contributed by atoms with E-state index in [-0.39, 0.29) is 0 Å². The smallest absolute Gasteiger partial charge is 0.328 e. The van der Waals surface area contributed by atoms with Crippen molar-refractivity contribution in [2.24, 2.45) is 0 Å². The number of carboxylic acids is 2. The highest BCUT2D eigenvalue weighted by atomic mass is 35.5. The van der Waals surface area contributed by atoms with Crippen LogP contribution in [0.1, 0.15) is 18.4 Å². The third-order valence-electron chi connectivity index (χ3n) is 4.16. The molecule has 2 rings (SSSR count). The molecule has 1 fully saturated rings. The lowest BCUT2D eigenvalue weighted by Crippen LogP contribution is -2.44. The Balaban J connectivity index is 0.000000416. The third-order valence-corrected chi connectivity index (χ3v) is 4.75. The minimum absolute atomic E-state index is 0.558. The number of benzene rings is 1. The zero-order chi connectivity index (χ0) is 20.9. The molecular weight excluding hydrogens is 407 g/mol. The number of ether oxygens (including phenoxy) is 1. The number of nitrogens with zero attached hydrogens (tertiary/aromatic N) is 1. The first-order chi connectivity index (χ1) is 13.3. The quantitative estimate of drug-likeness (QED) is 0.543. The van der Waals surface area contributed by atoms with Crippen LogP contribution in [0.5, 0.6) is 0 Å². The van der Waals surface area contributed by atoms with Gasteiger partial charge in [0.2, 0.25) is 0 Å². The molecule has 0 spiro atoms. The lowest BCUT2D eigenvalue weighted by Gasteiger charge is -2.34. The van der Waals surface area contributed by atoms with E-state index in [1.807, 2.05) is 18.2 Å². The third kappa shape index (κ3) is 10.1. The van der Waals surface area contributed by atoms with E-state index in [0.717, 1.165) is 43.4 Å². The van der Waals surface area contributed by atoms with E-state index in [1.165, 1.54) is 12.8 Å². The summed E-state index contributed by atoms with van der Waals surface area (Å²) < 4.78 is 5.24. The van der Waals surface area contributed by atoms with Gasteiger partial charge in [0.1, 0.15) is 0 Å². The molecule has 0 bridgehead atoms. The number of aliphatic carboxylic acids is 2. The van der Waals surface area contributed by atoms with Crippen molar-refractivity contribution < 1.29 is 24.5 Å². The largest absolute Gasteiger partial charge is 0.478 e. The maximum Gasteiger partial charge on any atom is 0.328 e. The molecule has 0 aromatic heterocycles. The molecule has 1 aliphatic heterocycles. The van der Waals surface area contributed by atoms with Crippen molar-refractivity contribution in [2.45, 2.75) is 25.4 Å². The minimum atomic E-state index is -1.26. The maximum absolute atomic E-state index is 9.55. The van der Waals surface area contributed by atoms with Gasteiger partial charge in [-0.15, -0.1) is 0 Å². The fourth-order valence-electron chi connectivity index (χ4n) is 2.78. The van der Waals surface area contributed by atoms with Crippen molar-refractivity contribution in [2.75, 3.05) is 33.4 Å². The predicted molar refractivity (Wildman–Crippen MR) is 109 cm³/mol. The molecule has 0 atom stereocenters. The van der Waals surface area contributed by atoms with E-state index >= 15 is 0 Å². The van der Waals surface area contributed by atoms with Crippen LogP contribution in [0.2, 0.25) is 10.0 Å². The number of nitrogens with one attached hydrogen (secondary N) is 1. The van der Waals surface area contributed by atoms with Crippen molar-refractivity contribution in [1.29, 1.82) is 0 Å². The summed E-state index contributed by atoms with van der Waals surface area (Å²) in [5, 5.41) is 20.5. The lowest BCUT2D eigenvalue weighted by molar-refractivity contribution is -0.134. The van der Waals surface area contributed by atoms with E-state index in [2.05, 4.69) is 10.2 Å². The first kappa shape index (κ1) is 24.4. The summed E-state index contributed by atoms with van der Waals surface area (Å²) in [5.41, 5.74) is 1.13. The van der Waals surface area contributed by atoms with Gasteiger partial charge in [0, 0.05) is 48.4 Å². The van der Waals surface area contributed by atoms with Crippen LogP contribution in [0.3, 0.4) is 0 Å². The zero-order valence-electron chi connectivity index (χ0n) is 15.7. The summed E-state index contributed by atoms with van der Waals surface area (Å²) in [6.45, 7) is 4.70. The average molecular weight is 433 g/mol. The molecule has 0 saturated carbocycles. The molecule has 28 heavy (non-hydrogen) atoms. The molecule has 1 aliphatic rings. The van der Waals surface area contributed by atoms with Crippen molar-refractivity contribution in [1.82, 2.24) is 10.2 Å². The Bertz CT molecular complexity index is 648. The van der Waals surface area contributed by atoms with Gasteiger partial charge < -0.3 is 20.3 Å². The number of methoxy groups -OCH3 is 1. The number of hydrogen-bond acceptors (Lipinski definition) is 5. The topological polar surface area (TPSA) is 99.1 Å². The van der Waals surface area contributed by atoms with Gasteiger partial charge in [-0.2, -0.15) is 0 Å². The first-order valence-electron chi connectivity index (χ1n) is 8.85. The van der Waals surface area contributed by atoms with Crippen LogP contribution in [-0.2, 0) is 20.9 Å². The van der Waals surface area contributed by atoms with Crippen LogP contribution < -0.4 is 5.32 Å². The monoisotopic (exact) mass is 432 g/mol. The molecule has 1 heterocycles. The first-order valence-corrected chi connectivity index (χ1v) is 9.60. The van der Waals surface area contributed by atoms with Crippen LogP contribution in [-0.4, -0.2) is 66.4 Å². The molecule has 1 aromatic rings. The molecule has 0 aliphatic carbocycles. The number of halogens is 2. The van der Waals surface area contributed by atoms with Gasteiger partial charge >= 0.3 is 11.9 Å². The van der Waals surface area contributed by atoms with E-state index in [4.69, 9.17) is 38.2 Å². The molecule has 9 heteroatoms. The SMILES string of the molecule is COCCN(Cc1ccc(Cl)cc1Cl)C1CCNCC1.O=C(O)C=CC(=O)O. The molecule has 1 aromatic carbocycles. The Morgan fingerprint density at radius 1 is 1.21 bits per heavy atom. The number of hydrogen-bond donors (Lipinski definition) is 3. The molecule has 1 saturated heterocycles. The molecule has 156 valence electrons. The molecule has 0 radical (unpaired) electrons. The summed E-state index contributed by atoms with van der Waals surface area (Å²) in [6, 6.07) is 6.33. The highest BCUT2D eigenvalue weighted by molar-refractivity contribution is 6.35. The van der Waals surface area contributed by atoms with Crippen molar-refractivity contribution >= 4 is 35.1 Å². The minimum Gasteiger partial charge on any atom is -0.478 e. The normalized spacial score (nSPS) is 14.7. The van der Waals surface area contributed by atoms with Gasteiger partial charge in [0.05, 0.1) is 6.61 Å². The van der Waals surface area contributed by atoms with Gasteiger partial charge in [0.15, 0.2) is 0 Å². The molecule has 7 nitrogen and oxygen atoms in total. The Morgan fingerprint density at radius 2 is 1.82 bits per heavy atom. The standard InChI is InChI=1S/C15H22Cl2N2O.C4H4O4/c1-20-9-8-19(14-4-6-18-7-5-14)11-12-2-3-13(16)10-15(12)17;5-3(6)1-2-4(7)8/h2-3,10,14,18H,4-9,11H2,1H3;1-2H,(H,5,6)(H,7,8). The second-order valence-electron chi connectivity index (χ2n) is 6.19. The zero-order valence-corrected chi connectivity index (χ0v) is 17.2. The Hall–Kier alpha value is -1.64. The second-order valence-corrected chi connectivity index (χ2v) is 7.03. The summed E-state index contributed by atoms with van der Waals surface area (Å²) in [5.74, 6) is -2.51. The average Bonchev–Trinajstić information content (AvgIpc) is 2.66. The van der Waals surface area contributed by atoms with Crippen molar-refractivity contribution in [3.8, 4) is 0 Å². The Labute approximate surface area is 174 Å². The fourth-order valence-corrected chi connectivity index (χ4v) is 3.25. The van der Waals surface area contributed by atoms with Gasteiger partial charge in [0.25, 0.3) is 0 Å². The highest BCUT2D eigenvalue weighted by Gasteiger charge is 2.21. The van der Waals surface area contributed by atoms with E-state index < -0.39 is 11.9 Å². The molecule has 0 unspecified atom stereocenters. The van der Waals surface area contributed by atoms with Crippen LogP contribution in [0, 0.1) is 0 Å². The van der Waals surface area contributed by atoms with Gasteiger partial charge in [-0.3, -0.25) is 4.90 Å².